The summed E-state index contributed by atoms with van der Waals surface area (Å²) in [6.07, 6.45) is 12.6. The summed E-state index contributed by atoms with van der Waals surface area (Å²) in [5, 5.41) is 18.5. The minimum Gasteiger partial charge on any atom is -0.494 e. The first-order valence-electron chi connectivity index (χ1n) is 25.7. The minimum atomic E-state index is -4.04. The Kier molecular flexibility index (Phi) is 17.8. The molecular formula is C54H71N5O11S2. The van der Waals surface area contributed by atoms with Gasteiger partial charge in [0.25, 0.3) is 11.8 Å². The lowest BCUT2D eigenvalue weighted by molar-refractivity contribution is -0.134. The molecule has 4 saturated heterocycles. The van der Waals surface area contributed by atoms with Crippen LogP contribution in [0.25, 0.3) is 0 Å². The summed E-state index contributed by atoms with van der Waals surface area (Å²) in [5.41, 5.74) is 8.19. The number of carbonyl (C=O) groups excluding carboxylic acids is 2. The van der Waals surface area contributed by atoms with E-state index in [4.69, 9.17) is 19.4 Å². The number of ether oxygens (including phenoxy) is 3. The monoisotopic (exact) mass is 1030 g/mol. The van der Waals surface area contributed by atoms with Gasteiger partial charge in [-0.15, -0.1) is 0 Å². The van der Waals surface area contributed by atoms with Crippen molar-refractivity contribution in [2.75, 3.05) is 75.5 Å². The van der Waals surface area contributed by atoms with E-state index >= 15 is 0 Å². The third kappa shape index (κ3) is 12.2. The maximum Gasteiger partial charge on any atom is 0.265 e. The first kappa shape index (κ1) is 53.1. The van der Waals surface area contributed by atoms with E-state index in [9.17, 15) is 31.6 Å². The summed E-state index contributed by atoms with van der Waals surface area (Å²) in [5.74, 6) is -0.630. The molecule has 4 aromatic rings. The number of benzene rings is 4. The molecule has 1 saturated carbocycles. The number of hydrogen-bond acceptors (Lipinski definition) is 14. The number of anilines is 2. The molecule has 0 atom stereocenters. The van der Waals surface area contributed by atoms with Crippen molar-refractivity contribution < 1.29 is 51.0 Å². The molecule has 5 fully saturated rings. The molecular weight excluding hydrogens is 959 g/mol. The predicted octanol–water partition coefficient (Wildman–Crippen LogP) is 7.09. The van der Waals surface area contributed by atoms with Gasteiger partial charge in [-0.05, 0) is 174 Å². The van der Waals surface area contributed by atoms with Crippen molar-refractivity contribution in [2.24, 2.45) is 0 Å². The van der Waals surface area contributed by atoms with Gasteiger partial charge < -0.3 is 28.9 Å². The summed E-state index contributed by atoms with van der Waals surface area (Å²) in [6, 6.07) is 30.2. The maximum absolute atomic E-state index is 13.6. The SMILES string of the molecule is O=C(NO)C1(S(=O)(=O)c2ccc(OCCCc3cccc(N4CCCCC4)c3)cc2)CCN(C2CC2)CC1.O=C(NO)C1(S(=O)(=O)c2ccc(OCCc3cccc(N4CCCCC4)c3)cc2)CCOCC1. The van der Waals surface area contributed by atoms with Crippen molar-refractivity contribution in [3.8, 4) is 11.5 Å². The number of nitrogens with zero attached hydrogens (tertiary/aromatic N) is 3. The second-order valence-corrected chi connectivity index (χ2v) is 24.2. The van der Waals surface area contributed by atoms with Gasteiger partial charge in [0.15, 0.2) is 29.2 Å². The second kappa shape index (κ2) is 24.2. The summed E-state index contributed by atoms with van der Waals surface area (Å²) in [4.78, 5) is 32.3. The predicted molar refractivity (Wildman–Crippen MR) is 274 cm³/mol. The number of sulfone groups is 2. The fourth-order valence-corrected chi connectivity index (χ4v) is 14.5. The number of hydrogen-bond donors (Lipinski definition) is 4. The van der Waals surface area contributed by atoms with Crippen molar-refractivity contribution in [1.29, 1.82) is 0 Å². The van der Waals surface area contributed by atoms with E-state index in [1.165, 1.54) is 90.8 Å². The molecule has 4 aliphatic heterocycles. The Labute approximate surface area is 424 Å². The summed E-state index contributed by atoms with van der Waals surface area (Å²) in [6.45, 7) is 6.76. The zero-order chi connectivity index (χ0) is 50.6. The highest BCUT2D eigenvalue weighted by Crippen LogP contribution is 2.40. The Bertz CT molecular complexity index is 2640. The van der Waals surface area contributed by atoms with E-state index in [0.29, 0.717) is 43.8 Å². The van der Waals surface area contributed by atoms with Crippen LogP contribution in [0.3, 0.4) is 0 Å². The topological polar surface area (TPSA) is 204 Å². The van der Waals surface area contributed by atoms with Gasteiger partial charge in [-0.1, -0.05) is 24.3 Å². The van der Waals surface area contributed by atoms with Crippen LogP contribution in [0.5, 0.6) is 11.5 Å². The normalized spacial score (nSPS) is 19.3. The van der Waals surface area contributed by atoms with Crippen LogP contribution in [0.4, 0.5) is 11.4 Å². The van der Waals surface area contributed by atoms with Crippen LogP contribution in [0.15, 0.2) is 107 Å². The molecule has 9 rings (SSSR count). The van der Waals surface area contributed by atoms with Gasteiger partial charge in [0.1, 0.15) is 11.5 Å². The molecule has 16 nitrogen and oxygen atoms in total. The van der Waals surface area contributed by atoms with Crippen LogP contribution in [0.1, 0.15) is 94.6 Å². The van der Waals surface area contributed by atoms with E-state index in [1.54, 1.807) is 29.7 Å². The molecule has 0 spiro atoms. The molecule has 72 heavy (non-hydrogen) atoms. The van der Waals surface area contributed by atoms with Crippen molar-refractivity contribution in [3.05, 3.63) is 108 Å². The van der Waals surface area contributed by atoms with Crippen LogP contribution in [-0.2, 0) is 46.8 Å². The zero-order valence-electron chi connectivity index (χ0n) is 41.2. The Morgan fingerprint density at radius 1 is 0.569 bits per heavy atom. The van der Waals surface area contributed by atoms with Crippen LogP contribution >= 0.6 is 0 Å². The highest BCUT2D eigenvalue weighted by molar-refractivity contribution is 7.94. The summed E-state index contributed by atoms with van der Waals surface area (Å²) >= 11 is 0. The third-order valence-corrected chi connectivity index (χ3v) is 20.1. The number of amides is 2. The Morgan fingerprint density at radius 2 is 1.01 bits per heavy atom. The molecule has 5 aliphatic rings. The fraction of sp³-hybridized carbons (Fsp3) is 0.519. The van der Waals surface area contributed by atoms with E-state index in [2.05, 4.69) is 63.2 Å². The minimum absolute atomic E-state index is 0.0135. The molecule has 0 unspecified atom stereocenters. The number of piperidine rings is 3. The standard InChI is InChI=1S/C29H39N3O5S.C25H32N2O6S/c33-28(30-34)29(15-19-32(20-16-29)24-9-10-24)38(35,36)27-13-11-26(12-14-27)37-21-5-7-23-6-4-8-25(22-23)31-17-2-1-3-18-31;28-24(26-29)25(12-17-32-18-13-25)34(30,31)23-9-7-22(8-10-23)33-16-11-20-5-4-6-21(19-20)27-14-2-1-3-15-27/h4,6,8,11-14,22,24,34H,1-3,5,7,9-10,15-21H2,(H,30,33);4-10,19,29H,1-3,11-18H2,(H,26,28). The molecule has 1 aliphatic carbocycles. The number of aryl methyl sites for hydroxylation is 1. The highest BCUT2D eigenvalue weighted by atomic mass is 32.2. The van der Waals surface area contributed by atoms with Crippen molar-refractivity contribution in [3.63, 3.8) is 0 Å². The lowest BCUT2D eigenvalue weighted by Crippen LogP contribution is -2.58. The number of nitrogens with one attached hydrogen (secondary N) is 2. The van der Waals surface area contributed by atoms with Crippen LogP contribution in [-0.4, -0.2) is 125 Å². The van der Waals surface area contributed by atoms with Crippen LogP contribution in [0.2, 0.25) is 0 Å². The first-order chi connectivity index (χ1) is 34.9. The van der Waals surface area contributed by atoms with Gasteiger partial charge in [0.05, 0.1) is 23.0 Å². The van der Waals surface area contributed by atoms with Crippen LogP contribution in [0, 0.1) is 0 Å². The Balaban J connectivity index is 0.000000194. The van der Waals surface area contributed by atoms with E-state index in [0.717, 1.165) is 58.3 Å². The molecule has 0 aromatic heterocycles. The molecule has 2 amide bonds. The second-order valence-electron chi connectivity index (χ2n) is 19.7. The smallest absolute Gasteiger partial charge is 0.265 e. The van der Waals surface area contributed by atoms with Gasteiger partial charge >= 0.3 is 0 Å². The molecule has 18 heteroatoms. The molecule has 4 N–H and O–H groups in total. The molecule has 0 radical (unpaired) electrons. The molecule has 390 valence electrons. The molecule has 4 aromatic carbocycles. The third-order valence-electron chi connectivity index (χ3n) is 15.1. The highest BCUT2D eigenvalue weighted by Gasteiger charge is 2.54. The number of rotatable bonds is 18. The van der Waals surface area contributed by atoms with E-state index < -0.39 is 41.0 Å². The zero-order valence-corrected chi connectivity index (χ0v) is 42.9. The number of carbonyl (C=O) groups is 2. The van der Waals surface area contributed by atoms with Gasteiger partial charge in [0, 0.05) is 76.3 Å². The lowest BCUT2D eigenvalue weighted by Gasteiger charge is -2.39. The Hall–Kier alpha value is -5.24. The van der Waals surface area contributed by atoms with Crippen LogP contribution < -0.4 is 30.2 Å². The maximum atomic E-state index is 13.6. The average molecular weight is 1030 g/mol. The lowest BCUT2D eigenvalue weighted by atomic mass is 9.94. The van der Waals surface area contributed by atoms with Crippen molar-refractivity contribution >= 4 is 42.9 Å². The van der Waals surface area contributed by atoms with Gasteiger partial charge in [0.2, 0.25) is 0 Å². The quantitative estimate of drug-likeness (QED) is 0.0447. The van der Waals surface area contributed by atoms with E-state index in [1.807, 2.05) is 0 Å². The first-order valence-corrected chi connectivity index (χ1v) is 28.7. The summed E-state index contributed by atoms with van der Waals surface area (Å²) < 4.78 is 67.5. The summed E-state index contributed by atoms with van der Waals surface area (Å²) in [7, 11) is -8.06. The van der Waals surface area contributed by atoms with Crippen molar-refractivity contribution in [1.82, 2.24) is 15.9 Å². The Morgan fingerprint density at radius 3 is 1.47 bits per heavy atom. The molecule has 4 heterocycles. The van der Waals surface area contributed by atoms with Gasteiger partial charge in [-0.2, -0.15) is 0 Å². The molecule has 0 bridgehead atoms. The number of hydroxylamine groups is 2. The average Bonchev–Trinajstić information content (AvgIpc) is 4.29. The largest absolute Gasteiger partial charge is 0.494 e. The van der Waals surface area contributed by atoms with Gasteiger partial charge in [-0.25, -0.2) is 27.8 Å². The van der Waals surface area contributed by atoms with E-state index in [-0.39, 0.29) is 48.7 Å². The van der Waals surface area contributed by atoms with Gasteiger partial charge in [-0.3, -0.25) is 20.0 Å². The fourth-order valence-electron chi connectivity index (χ4n) is 10.6. The number of likely N-dealkylation sites (tertiary alicyclic amines) is 1. The van der Waals surface area contributed by atoms with Crippen molar-refractivity contribution in [2.45, 2.75) is 122 Å².